The highest BCUT2D eigenvalue weighted by molar-refractivity contribution is 9.10. The summed E-state index contributed by atoms with van der Waals surface area (Å²) < 4.78 is 14.8. The average molecular weight is 343 g/mol. The molecule has 2 aromatic rings. The summed E-state index contributed by atoms with van der Waals surface area (Å²) in [4.78, 5) is 0. The van der Waals surface area contributed by atoms with E-state index in [-0.39, 0.29) is 11.9 Å². The summed E-state index contributed by atoms with van der Waals surface area (Å²) in [5.41, 5.74) is 2.53. The van der Waals surface area contributed by atoms with E-state index in [9.17, 15) is 4.39 Å². The number of nitrogens with one attached hydrogen (secondary N) is 1. The van der Waals surface area contributed by atoms with Crippen molar-refractivity contribution >= 4 is 27.5 Å². The maximum absolute atomic E-state index is 14.1. The molecule has 19 heavy (non-hydrogen) atoms. The topological polar surface area (TPSA) is 12.0 Å². The average Bonchev–Trinajstić information content (AvgIpc) is 2.37. The van der Waals surface area contributed by atoms with Crippen LogP contribution in [0.2, 0.25) is 5.02 Å². The van der Waals surface area contributed by atoms with Gasteiger partial charge in [0, 0.05) is 15.1 Å². The lowest BCUT2D eigenvalue weighted by atomic mass is 9.97. The highest BCUT2D eigenvalue weighted by Gasteiger charge is 2.19. The number of hydrogen-bond acceptors (Lipinski definition) is 1. The predicted molar refractivity (Wildman–Crippen MR) is 81.2 cm³/mol. The van der Waals surface area contributed by atoms with Crippen molar-refractivity contribution in [3.8, 4) is 0 Å². The van der Waals surface area contributed by atoms with Crippen LogP contribution in [0.25, 0.3) is 0 Å². The van der Waals surface area contributed by atoms with Crippen molar-refractivity contribution in [2.45, 2.75) is 13.0 Å². The van der Waals surface area contributed by atoms with E-state index in [2.05, 4.69) is 21.2 Å². The van der Waals surface area contributed by atoms with Crippen LogP contribution in [0, 0.1) is 12.7 Å². The summed E-state index contributed by atoms with van der Waals surface area (Å²) in [5.74, 6) is -0.245. The van der Waals surface area contributed by atoms with E-state index in [1.165, 1.54) is 6.07 Å². The van der Waals surface area contributed by atoms with Crippen molar-refractivity contribution < 1.29 is 4.39 Å². The summed E-state index contributed by atoms with van der Waals surface area (Å²) in [5, 5.41) is 3.82. The van der Waals surface area contributed by atoms with Gasteiger partial charge < -0.3 is 5.32 Å². The third kappa shape index (κ3) is 2.99. The number of aryl methyl sites for hydroxylation is 1. The van der Waals surface area contributed by atoms with Gasteiger partial charge in [-0.3, -0.25) is 0 Å². The molecule has 0 aliphatic rings. The molecule has 100 valence electrons. The SMILES string of the molecule is CNC(c1ccc(C)c(Cl)c1)c1c(F)cccc1Br. The van der Waals surface area contributed by atoms with Crippen LogP contribution < -0.4 is 5.32 Å². The summed E-state index contributed by atoms with van der Waals surface area (Å²) in [6.45, 7) is 1.94. The van der Waals surface area contributed by atoms with E-state index in [1.54, 1.807) is 13.1 Å². The first kappa shape index (κ1) is 14.5. The Morgan fingerprint density at radius 3 is 2.58 bits per heavy atom. The molecule has 1 nitrogen and oxygen atoms in total. The zero-order chi connectivity index (χ0) is 14.0. The highest BCUT2D eigenvalue weighted by atomic mass is 79.9. The Hall–Kier alpha value is -0.900. The van der Waals surface area contributed by atoms with Gasteiger partial charge in [0.15, 0.2) is 0 Å². The Kier molecular flexibility index (Phi) is 4.61. The van der Waals surface area contributed by atoms with Gasteiger partial charge in [0.05, 0.1) is 6.04 Å². The molecule has 1 unspecified atom stereocenters. The van der Waals surface area contributed by atoms with E-state index in [4.69, 9.17) is 11.6 Å². The third-order valence-corrected chi connectivity index (χ3v) is 4.20. The lowest BCUT2D eigenvalue weighted by molar-refractivity contribution is 0.574. The van der Waals surface area contributed by atoms with Gasteiger partial charge in [0.2, 0.25) is 0 Å². The van der Waals surface area contributed by atoms with Crippen molar-refractivity contribution in [2.75, 3.05) is 7.05 Å². The summed E-state index contributed by atoms with van der Waals surface area (Å²) in [7, 11) is 1.80. The molecular formula is C15H14BrClFN. The fourth-order valence-corrected chi connectivity index (χ4v) is 2.81. The molecule has 0 aromatic heterocycles. The molecule has 0 spiro atoms. The molecule has 0 amide bonds. The first-order chi connectivity index (χ1) is 9.04. The number of rotatable bonds is 3. The van der Waals surface area contributed by atoms with Gasteiger partial charge >= 0.3 is 0 Å². The zero-order valence-electron chi connectivity index (χ0n) is 10.7. The molecule has 2 rings (SSSR count). The second-order valence-electron chi connectivity index (χ2n) is 4.37. The summed E-state index contributed by atoms with van der Waals surface area (Å²) in [6, 6.07) is 10.5. The molecule has 0 aliphatic heterocycles. The van der Waals surface area contributed by atoms with Gasteiger partial charge in [-0.2, -0.15) is 0 Å². The van der Waals surface area contributed by atoms with Crippen molar-refractivity contribution in [1.29, 1.82) is 0 Å². The molecule has 4 heteroatoms. The Morgan fingerprint density at radius 1 is 1.26 bits per heavy atom. The summed E-state index contributed by atoms with van der Waals surface area (Å²) in [6.07, 6.45) is 0. The number of halogens is 3. The molecule has 0 fully saturated rings. The monoisotopic (exact) mass is 341 g/mol. The van der Waals surface area contributed by atoms with Crippen LogP contribution in [0.5, 0.6) is 0 Å². The van der Waals surface area contributed by atoms with E-state index in [0.717, 1.165) is 15.6 Å². The fourth-order valence-electron chi connectivity index (χ4n) is 2.05. The molecule has 2 aromatic carbocycles. The molecule has 0 saturated carbocycles. The Labute approximate surface area is 125 Å². The highest BCUT2D eigenvalue weighted by Crippen LogP contribution is 2.32. The van der Waals surface area contributed by atoms with Crippen LogP contribution in [0.3, 0.4) is 0 Å². The zero-order valence-corrected chi connectivity index (χ0v) is 13.0. The Morgan fingerprint density at radius 2 is 2.00 bits per heavy atom. The van der Waals surface area contributed by atoms with Crippen LogP contribution in [0.15, 0.2) is 40.9 Å². The van der Waals surface area contributed by atoms with Gasteiger partial charge in [0.1, 0.15) is 5.82 Å². The maximum Gasteiger partial charge on any atom is 0.129 e. The van der Waals surface area contributed by atoms with Crippen molar-refractivity contribution in [1.82, 2.24) is 5.32 Å². The smallest absolute Gasteiger partial charge is 0.129 e. The fraction of sp³-hybridized carbons (Fsp3) is 0.200. The Balaban J connectivity index is 2.53. The molecule has 1 atom stereocenters. The molecule has 0 aliphatic carbocycles. The predicted octanol–water partition coefficient (Wildman–Crippen LogP) is 4.86. The molecular weight excluding hydrogens is 329 g/mol. The van der Waals surface area contributed by atoms with Crippen LogP contribution in [-0.4, -0.2) is 7.05 Å². The number of benzene rings is 2. The van der Waals surface area contributed by atoms with E-state index < -0.39 is 0 Å². The summed E-state index contributed by atoms with van der Waals surface area (Å²) >= 11 is 9.55. The second-order valence-corrected chi connectivity index (χ2v) is 5.63. The maximum atomic E-state index is 14.1. The molecule has 0 heterocycles. The minimum absolute atomic E-state index is 0.242. The van der Waals surface area contributed by atoms with Crippen molar-refractivity contribution in [3.63, 3.8) is 0 Å². The quantitative estimate of drug-likeness (QED) is 0.840. The standard InChI is InChI=1S/C15H14BrClFN/c1-9-6-7-10(8-12(9)17)15(19-2)14-11(16)4-3-5-13(14)18/h3-8,15,19H,1-2H3. The first-order valence-electron chi connectivity index (χ1n) is 5.92. The second kappa shape index (κ2) is 6.04. The van der Waals surface area contributed by atoms with Crippen molar-refractivity contribution in [2.24, 2.45) is 0 Å². The minimum Gasteiger partial charge on any atom is -0.309 e. The normalized spacial score (nSPS) is 12.5. The lowest BCUT2D eigenvalue weighted by Crippen LogP contribution is -2.19. The van der Waals surface area contributed by atoms with Crippen molar-refractivity contribution in [3.05, 3.63) is 68.4 Å². The molecule has 0 radical (unpaired) electrons. The first-order valence-corrected chi connectivity index (χ1v) is 7.09. The van der Waals surface area contributed by atoms with Crippen LogP contribution in [0.4, 0.5) is 4.39 Å². The van der Waals surface area contributed by atoms with Gasteiger partial charge in [-0.15, -0.1) is 0 Å². The number of hydrogen-bond donors (Lipinski definition) is 1. The lowest BCUT2D eigenvalue weighted by Gasteiger charge is -2.20. The van der Waals surface area contributed by atoms with Crippen LogP contribution in [-0.2, 0) is 0 Å². The Bertz CT molecular complexity index is 580. The van der Waals surface area contributed by atoms with Gasteiger partial charge in [-0.25, -0.2) is 4.39 Å². The molecule has 1 N–H and O–H groups in total. The minimum atomic E-state index is -0.245. The van der Waals surface area contributed by atoms with E-state index in [0.29, 0.717) is 10.6 Å². The molecule has 0 saturated heterocycles. The van der Waals surface area contributed by atoms with E-state index >= 15 is 0 Å². The molecule has 0 bridgehead atoms. The van der Waals surface area contributed by atoms with Crippen LogP contribution >= 0.6 is 27.5 Å². The van der Waals surface area contributed by atoms with E-state index in [1.807, 2.05) is 31.2 Å². The third-order valence-electron chi connectivity index (χ3n) is 3.11. The van der Waals surface area contributed by atoms with Crippen LogP contribution in [0.1, 0.15) is 22.7 Å². The van der Waals surface area contributed by atoms with Gasteiger partial charge in [-0.1, -0.05) is 45.7 Å². The van der Waals surface area contributed by atoms with Gasteiger partial charge in [-0.05, 0) is 43.3 Å². The largest absolute Gasteiger partial charge is 0.309 e. The van der Waals surface area contributed by atoms with Gasteiger partial charge in [0.25, 0.3) is 0 Å².